The Balaban J connectivity index is 1.92. The second kappa shape index (κ2) is 9.41. The Morgan fingerprint density at radius 3 is 2.38 bits per heavy atom. The van der Waals surface area contributed by atoms with Crippen molar-refractivity contribution in [1.29, 1.82) is 0 Å². The van der Waals surface area contributed by atoms with Gasteiger partial charge in [-0.1, -0.05) is 26.0 Å². The summed E-state index contributed by atoms with van der Waals surface area (Å²) >= 11 is 0. The van der Waals surface area contributed by atoms with Gasteiger partial charge in [0.15, 0.2) is 0 Å². The number of benzene rings is 1. The molecule has 2 rings (SSSR count). The number of nitrogens with one attached hydrogen (secondary N) is 2. The Morgan fingerprint density at radius 2 is 1.79 bits per heavy atom. The number of carbonyl (C=O) groups is 2. The van der Waals surface area contributed by atoms with Crippen molar-refractivity contribution in [2.24, 2.45) is 0 Å². The van der Waals surface area contributed by atoms with E-state index in [1.54, 1.807) is 39.8 Å². The predicted molar refractivity (Wildman–Crippen MR) is 112 cm³/mol. The van der Waals surface area contributed by atoms with Crippen LogP contribution in [0.4, 0.5) is 10.5 Å². The molecule has 0 saturated carbocycles. The minimum Gasteiger partial charge on any atom is -0.444 e. The van der Waals surface area contributed by atoms with E-state index in [1.807, 2.05) is 18.2 Å². The Labute approximate surface area is 171 Å². The number of anilines is 1. The number of amides is 2. The molecule has 2 amide bonds. The van der Waals surface area contributed by atoms with Crippen LogP contribution in [0.1, 0.15) is 53.0 Å². The quantitative estimate of drug-likeness (QED) is 0.725. The SMILES string of the molecule is CC(C)c1cccc(Oc2ccc(NC(=O)[C@@H](C)NC(=O)OC(C)(C)C)cn2)c1. The summed E-state index contributed by atoms with van der Waals surface area (Å²) < 4.78 is 10.9. The first kappa shape index (κ1) is 22.2. The summed E-state index contributed by atoms with van der Waals surface area (Å²) in [4.78, 5) is 28.2. The van der Waals surface area contributed by atoms with E-state index < -0.39 is 17.7 Å². The second-order valence-electron chi connectivity index (χ2n) is 8.07. The fraction of sp³-hybridized carbons (Fsp3) is 0.409. The molecule has 0 saturated heterocycles. The Morgan fingerprint density at radius 1 is 1.07 bits per heavy atom. The standard InChI is InChI=1S/C22H29N3O4/c1-14(2)16-8-7-9-18(12-16)28-19-11-10-17(13-23-19)25-20(26)15(3)24-21(27)29-22(4,5)6/h7-15H,1-6H3,(H,24,27)(H,25,26)/t15-/m1/s1. The lowest BCUT2D eigenvalue weighted by Crippen LogP contribution is -2.43. The summed E-state index contributed by atoms with van der Waals surface area (Å²) in [5, 5.41) is 5.19. The molecule has 1 heterocycles. The van der Waals surface area contributed by atoms with Crippen molar-refractivity contribution in [3.05, 3.63) is 48.2 Å². The smallest absolute Gasteiger partial charge is 0.408 e. The number of nitrogens with zero attached hydrogens (tertiary/aromatic N) is 1. The lowest BCUT2D eigenvalue weighted by atomic mass is 10.0. The maximum atomic E-state index is 12.3. The monoisotopic (exact) mass is 399 g/mol. The highest BCUT2D eigenvalue weighted by Gasteiger charge is 2.21. The zero-order chi connectivity index (χ0) is 21.6. The summed E-state index contributed by atoms with van der Waals surface area (Å²) in [7, 11) is 0. The fourth-order valence-corrected chi connectivity index (χ4v) is 2.37. The molecule has 2 N–H and O–H groups in total. The molecule has 1 aromatic heterocycles. The average Bonchev–Trinajstić information content (AvgIpc) is 2.61. The molecule has 7 heteroatoms. The molecule has 0 unspecified atom stereocenters. The van der Waals surface area contributed by atoms with Crippen LogP contribution in [0, 0.1) is 0 Å². The van der Waals surface area contributed by atoms with E-state index in [-0.39, 0.29) is 5.91 Å². The number of hydrogen-bond acceptors (Lipinski definition) is 5. The molecule has 1 atom stereocenters. The van der Waals surface area contributed by atoms with Crippen molar-refractivity contribution < 1.29 is 19.1 Å². The third-order valence-electron chi connectivity index (χ3n) is 3.88. The van der Waals surface area contributed by atoms with Crippen LogP contribution >= 0.6 is 0 Å². The molecule has 0 aliphatic carbocycles. The molecule has 0 aliphatic rings. The topological polar surface area (TPSA) is 89.6 Å². The van der Waals surface area contributed by atoms with Crippen LogP contribution in [0.15, 0.2) is 42.6 Å². The van der Waals surface area contributed by atoms with Gasteiger partial charge in [-0.25, -0.2) is 9.78 Å². The predicted octanol–water partition coefficient (Wildman–Crippen LogP) is 4.85. The van der Waals surface area contributed by atoms with Gasteiger partial charge in [0.2, 0.25) is 11.8 Å². The molecule has 0 aliphatic heterocycles. The van der Waals surface area contributed by atoms with E-state index in [4.69, 9.17) is 9.47 Å². The zero-order valence-corrected chi connectivity index (χ0v) is 17.8. The maximum absolute atomic E-state index is 12.3. The average molecular weight is 399 g/mol. The third-order valence-corrected chi connectivity index (χ3v) is 3.88. The van der Waals surface area contributed by atoms with E-state index in [2.05, 4.69) is 35.5 Å². The van der Waals surface area contributed by atoms with Crippen molar-refractivity contribution in [2.45, 2.75) is 59.1 Å². The fourth-order valence-electron chi connectivity index (χ4n) is 2.37. The van der Waals surface area contributed by atoms with Gasteiger partial charge < -0.3 is 20.1 Å². The maximum Gasteiger partial charge on any atom is 0.408 e. The summed E-state index contributed by atoms with van der Waals surface area (Å²) in [6.45, 7) is 11.1. The molecule has 0 fully saturated rings. The lowest BCUT2D eigenvalue weighted by molar-refractivity contribution is -0.117. The van der Waals surface area contributed by atoms with Crippen molar-refractivity contribution in [3.8, 4) is 11.6 Å². The number of hydrogen-bond donors (Lipinski definition) is 2. The highest BCUT2D eigenvalue weighted by atomic mass is 16.6. The van der Waals surface area contributed by atoms with Crippen molar-refractivity contribution >= 4 is 17.7 Å². The van der Waals surface area contributed by atoms with E-state index >= 15 is 0 Å². The van der Waals surface area contributed by atoms with Crippen LogP contribution in [0.25, 0.3) is 0 Å². The van der Waals surface area contributed by atoms with Gasteiger partial charge in [-0.05, 0) is 57.4 Å². The molecule has 29 heavy (non-hydrogen) atoms. The summed E-state index contributed by atoms with van der Waals surface area (Å²) in [6.07, 6.45) is 0.852. The number of alkyl carbamates (subject to hydrolysis) is 1. The molecule has 0 bridgehead atoms. The molecule has 2 aromatic rings. The first-order chi connectivity index (χ1) is 13.5. The van der Waals surface area contributed by atoms with Crippen molar-refractivity contribution in [2.75, 3.05) is 5.32 Å². The summed E-state index contributed by atoms with van der Waals surface area (Å²) in [6, 6.07) is 10.4. The third kappa shape index (κ3) is 7.44. The van der Waals surface area contributed by atoms with Gasteiger partial charge in [-0.2, -0.15) is 0 Å². The minimum atomic E-state index is -0.764. The van der Waals surface area contributed by atoms with E-state index in [9.17, 15) is 9.59 Å². The van der Waals surface area contributed by atoms with Crippen LogP contribution in [0.2, 0.25) is 0 Å². The first-order valence-electron chi connectivity index (χ1n) is 9.58. The van der Waals surface area contributed by atoms with Gasteiger partial charge >= 0.3 is 6.09 Å². The number of ether oxygens (including phenoxy) is 2. The molecule has 156 valence electrons. The number of pyridine rings is 1. The van der Waals surface area contributed by atoms with Crippen molar-refractivity contribution in [3.63, 3.8) is 0 Å². The Hall–Kier alpha value is -3.09. The van der Waals surface area contributed by atoms with Crippen LogP contribution in [-0.4, -0.2) is 28.6 Å². The number of carbonyl (C=O) groups excluding carboxylic acids is 2. The van der Waals surface area contributed by atoms with Gasteiger partial charge in [0.05, 0.1) is 11.9 Å². The zero-order valence-electron chi connectivity index (χ0n) is 17.8. The molecule has 0 spiro atoms. The van der Waals surface area contributed by atoms with Gasteiger partial charge in [-0.3, -0.25) is 4.79 Å². The molecule has 7 nitrogen and oxygen atoms in total. The minimum absolute atomic E-state index is 0.379. The van der Waals surface area contributed by atoms with Gasteiger partial charge in [-0.15, -0.1) is 0 Å². The summed E-state index contributed by atoms with van der Waals surface area (Å²) in [5.41, 5.74) is 1.04. The lowest BCUT2D eigenvalue weighted by Gasteiger charge is -2.21. The van der Waals surface area contributed by atoms with Crippen LogP contribution in [0.3, 0.4) is 0 Å². The van der Waals surface area contributed by atoms with E-state index in [0.717, 1.165) is 0 Å². The summed E-state index contributed by atoms with van der Waals surface area (Å²) in [5.74, 6) is 1.15. The normalized spacial score (nSPS) is 12.2. The highest BCUT2D eigenvalue weighted by molar-refractivity contribution is 5.96. The first-order valence-corrected chi connectivity index (χ1v) is 9.58. The van der Waals surface area contributed by atoms with Gasteiger partial charge in [0, 0.05) is 6.07 Å². The van der Waals surface area contributed by atoms with Crippen LogP contribution in [-0.2, 0) is 9.53 Å². The second-order valence-corrected chi connectivity index (χ2v) is 8.07. The molecular weight excluding hydrogens is 370 g/mol. The van der Waals surface area contributed by atoms with Crippen LogP contribution < -0.4 is 15.4 Å². The Bertz CT molecular complexity index is 842. The molecular formula is C22H29N3O4. The highest BCUT2D eigenvalue weighted by Crippen LogP contribution is 2.24. The number of aromatic nitrogens is 1. The molecule has 1 aromatic carbocycles. The number of rotatable bonds is 6. The van der Waals surface area contributed by atoms with Gasteiger partial charge in [0.25, 0.3) is 0 Å². The largest absolute Gasteiger partial charge is 0.444 e. The molecule has 0 radical (unpaired) electrons. The van der Waals surface area contributed by atoms with Crippen LogP contribution in [0.5, 0.6) is 11.6 Å². The van der Waals surface area contributed by atoms with Gasteiger partial charge in [0.1, 0.15) is 17.4 Å². The van der Waals surface area contributed by atoms with Crippen molar-refractivity contribution in [1.82, 2.24) is 10.3 Å². The Kier molecular flexibility index (Phi) is 7.20. The van der Waals surface area contributed by atoms with E-state index in [1.165, 1.54) is 11.8 Å². The van der Waals surface area contributed by atoms with E-state index in [0.29, 0.717) is 23.2 Å².